The van der Waals surface area contributed by atoms with E-state index in [2.05, 4.69) is 4.98 Å². The molecule has 2 nitrogen and oxygen atoms in total. The quantitative estimate of drug-likeness (QED) is 0.788. The van der Waals surface area contributed by atoms with Gasteiger partial charge in [0.1, 0.15) is 12.4 Å². The number of rotatable bonds is 3. The predicted molar refractivity (Wildman–Crippen MR) is 59.7 cm³/mol. The molecule has 2 aromatic rings. The van der Waals surface area contributed by atoms with Gasteiger partial charge >= 0.3 is 0 Å². The van der Waals surface area contributed by atoms with Gasteiger partial charge in [-0.15, -0.1) is 0 Å². The summed E-state index contributed by atoms with van der Waals surface area (Å²) in [5.74, 6) is 0.349. The van der Waals surface area contributed by atoms with E-state index in [1.165, 1.54) is 12.1 Å². The van der Waals surface area contributed by atoms with E-state index in [1.54, 1.807) is 18.3 Å². The fraction of sp³-hybridized carbons (Fsp3) is 0.154. The number of aromatic nitrogens is 1. The van der Waals surface area contributed by atoms with E-state index in [-0.39, 0.29) is 5.82 Å². The van der Waals surface area contributed by atoms with E-state index in [4.69, 9.17) is 4.74 Å². The van der Waals surface area contributed by atoms with Gasteiger partial charge in [-0.2, -0.15) is 0 Å². The summed E-state index contributed by atoms with van der Waals surface area (Å²) in [5, 5.41) is 0. The fourth-order valence-electron chi connectivity index (χ4n) is 1.33. The average Bonchev–Trinajstić information content (AvgIpc) is 2.28. The molecule has 3 heteroatoms. The van der Waals surface area contributed by atoms with Crippen molar-refractivity contribution in [3.05, 3.63) is 59.5 Å². The first-order valence-corrected chi connectivity index (χ1v) is 5.04. The van der Waals surface area contributed by atoms with Crippen LogP contribution in [0.3, 0.4) is 0 Å². The van der Waals surface area contributed by atoms with Crippen LogP contribution in [0.4, 0.5) is 4.39 Å². The van der Waals surface area contributed by atoms with Crippen LogP contribution in [0.25, 0.3) is 0 Å². The van der Waals surface area contributed by atoms with Crippen molar-refractivity contribution in [2.24, 2.45) is 0 Å². The van der Waals surface area contributed by atoms with Crippen molar-refractivity contribution in [3.8, 4) is 5.88 Å². The number of ether oxygens (including phenoxy) is 1. The van der Waals surface area contributed by atoms with Gasteiger partial charge in [-0.3, -0.25) is 0 Å². The first-order valence-electron chi connectivity index (χ1n) is 5.04. The molecule has 0 atom stereocenters. The molecule has 0 saturated heterocycles. The van der Waals surface area contributed by atoms with Crippen LogP contribution in [0.5, 0.6) is 5.88 Å². The zero-order chi connectivity index (χ0) is 11.4. The van der Waals surface area contributed by atoms with Gasteiger partial charge < -0.3 is 4.74 Å². The summed E-state index contributed by atoms with van der Waals surface area (Å²) in [7, 11) is 0. The maximum absolute atomic E-state index is 12.6. The topological polar surface area (TPSA) is 22.1 Å². The van der Waals surface area contributed by atoms with Gasteiger partial charge in [0.2, 0.25) is 5.88 Å². The molecule has 0 saturated carbocycles. The maximum atomic E-state index is 12.6. The van der Waals surface area contributed by atoms with Gasteiger partial charge in [-0.25, -0.2) is 9.37 Å². The zero-order valence-corrected chi connectivity index (χ0v) is 8.98. The lowest BCUT2D eigenvalue weighted by atomic mass is 10.2. The Morgan fingerprint density at radius 1 is 1.19 bits per heavy atom. The summed E-state index contributed by atoms with van der Waals surface area (Å²) in [5.41, 5.74) is 2.02. The predicted octanol–water partition coefficient (Wildman–Crippen LogP) is 3.11. The lowest BCUT2D eigenvalue weighted by molar-refractivity contribution is 0.293. The van der Waals surface area contributed by atoms with Gasteiger partial charge in [0.25, 0.3) is 0 Å². The molecule has 0 aliphatic heterocycles. The smallest absolute Gasteiger partial charge is 0.213 e. The number of hydrogen-bond acceptors (Lipinski definition) is 2. The van der Waals surface area contributed by atoms with Crippen LogP contribution in [0.2, 0.25) is 0 Å². The Hall–Kier alpha value is -1.90. The molecule has 82 valence electrons. The summed E-state index contributed by atoms with van der Waals surface area (Å²) >= 11 is 0. The number of benzene rings is 1. The Morgan fingerprint density at radius 2 is 1.94 bits per heavy atom. The molecule has 0 aliphatic carbocycles. The standard InChI is InChI=1S/C13H12FNO/c1-10-6-7-15-13(8-10)16-9-11-2-4-12(14)5-3-11/h2-8H,9H2,1H3. The monoisotopic (exact) mass is 217 g/mol. The minimum absolute atomic E-state index is 0.238. The maximum Gasteiger partial charge on any atom is 0.213 e. The Kier molecular flexibility index (Phi) is 3.15. The van der Waals surface area contributed by atoms with E-state index in [0.717, 1.165) is 11.1 Å². The Labute approximate surface area is 93.7 Å². The molecular formula is C13H12FNO. The van der Waals surface area contributed by atoms with Crippen LogP contribution in [-0.2, 0) is 6.61 Å². The van der Waals surface area contributed by atoms with Crippen LogP contribution < -0.4 is 4.74 Å². The molecule has 0 spiro atoms. The van der Waals surface area contributed by atoms with E-state index < -0.39 is 0 Å². The molecule has 1 aromatic heterocycles. The summed E-state index contributed by atoms with van der Waals surface area (Å²) in [6.45, 7) is 2.38. The van der Waals surface area contributed by atoms with Crippen molar-refractivity contribution in [2.45, 2.75) is 13.5 Å². The van der Waals surface area contributed by atoms with Crippen LogP contribution in [0.1, 0.15) is 11.1 Å². The molecular weight excluding hydrogens is 205 g/mol. The molecule has 0 radical (unpaired) electrons. The highest BCUT2D eigenvalue weighted by Gasteiger charge is 1.97. The van der Waals surface area contributed by atoms with E-state index in [9.17, 15) is 4.39 Å². The molecule has 0 aliphatic rings. The molecule has 0 N–H and O–H groups in total. The van der Waals surface area contributed by atoms with Crippen molar-refractivity contribution in [1.29, 1.82) is 0 Å². The highest BCUT2D eigenvalue weighted by Crippen LogP contribution is 2.11. The van der Waals surface area contributed by atoms with Crippen molar-refractivity contribution in [1.82, 2.24) is 4.98 Å². The number of hydrogen-bond donors (Lipinski definition) is 0. The second-order valence-corrected chi connectivity index (χ2v) is 3.59. The van der Waals surface area contributed by atoms with Crippen molar-refractivity contribution >= 4 is 0 Å². The second kappa shape index (κ2) is 4.75. The first-order chi connectivity index (χ1) is 7.74. The lowest BCUT2D eigenvalue weighted by Crippen LogP contribution is -1.97. The number of halogens is 1. The molecule has 0 bridgehead atoms. The number of aryl methyl sites for hydroxylation is 1. The van der Waals surface area contributed by atoms with Crippen molar-refractivity contribution in [2.75, 3.05) is 0 Å². The third kappa shape index (κ3) is 2.79. The molecule has 0 fully saturated rings. The van der Waals surface area contributed by atoms with E-state index >= 15 is 0 Å². The largest absolute Gasteiger partial charge is 0.473 e. The third-order valence-corrected chi connectivity index (χ3v) is 2.19. The van der Waals surface area contributed by atoms with Crippen LogP contribution in [0, 0.1) is 12.7 Å². The van der Waals surface area contributed by atoms with Gasteiger partial charge in [0.05, 0.1) is 0 Å². The Bertz CT molecular complexity index is 468. The molecule has 0 amide bonds. The van der Waals surface area contributed by atoms with Gasteiger partial charge in [0, 0.05) is 12.3 Å². The number of pyridine rings is 1. The second-order valence-electron chi connectivity index (χ2n) is 3.59. The van der Waals surface area contributed by atoms with Crippen LogP contribution in [-0.4, -0.2) is 4.98 Å². The van der Waals surface area contributed by atoms with Gasteiger partial charge in [-0.1, -0.05) is 12.1 Å². The van der Waals surface area contributed by atoms with E-state index in [1.807, 2.05) is 19.1 Å². The van der Waals surface area contributed by atoms with Gasteiger partial charge in [0.15, 0.2) is 0 Å². The summed E-state index contributed by atoms with van der Waals surface area (Å²) < 4.78 is 18.1. The normalized spacial score (nSPS) is 10.1. The SMILES string of the molecule is Cc1ccnc(OCc2ccc(F)cc2)c1. The fourth-order valence-corrected chi connectivity index (χ4v) is 1.33. The van der Waals surface area contributed by atoms with Gasteiger partial charge in [-0.05, 0) is 36.2 Å². The summed E-state index contributed by atoms with van der Waals surface area (Å²) in [6.07, 6.45) is 1.70. The van der Waals surface area contributed by atoms with Crippen molar-refractivity contribution in [3.63, 3.8) is 0 Å². The Balaban J connectivity index is 1.99. The molecule has 2 rings (SSSR count). The number of nitrogens with zero attached hydrogens (tertiary/aromatic N) is 1. The highest BCUT2D eigenvalue weighted by atomic mass is 19.1. The summed E-state index contributed by atoms with van der Waals surface area (Å²) in [4.78, 5) is 4.08. The lowest BCUT2D eigenvalue weighted by Gasteiger charge is -2.05. The molecule has 1 heterocycles. The minimum atomic E-state index is -0.238. The molecule has 16 heavy (non-hydrogen) atoms. The van der Waals surface area contributed by atoms with Crippen molar-refractivity contribution < 1.29 is 9.13 Å². The third-order valence-electron chi connectivity index (χ3n) is 2.19. The zero-order valence-electron chi connectivity index (χ0n) is 8.98. The molecule has 1 aromatic carbocycles. The first kappa shape index (κ1) is 10.6. The van der Waals surface area contributed by atoms with E-state index in [0.29, 0.717) is 12.5 Å². The molecule has 0 unspecified atom stereocenters. The summed E-state index contributed by atoms with van der Waals surface area (Å²) in [6, 6.07) is 10.0. The minimum Gasteiger partial charge on any atom is -0.473 e. The van der Waals surface area contributed by atoms with Crippen LogP contribution in [0.15, 0.2) is 42.6 Å². The Morgan fingerprint density at radius 3 is 2.62 bits per heavy atom. The average molecular weight is 217 g/mol. The van der Waals surface area contributed by atoms with Crippen LogP contribution >= 0.6 is 0 Å². The highest BCUT2D eigenvalue weighted by molar-refractivity contribution is 5.20.